The SMILES string of the molecule is Cc1cc(C)cc(OC[C@H](O)C[NH+]2CC[NH+](Cc3ccc4c(c3)OCO4)CC2)c1. The summed E-state index contributed by atoms with van der Waals surface area (Å²) in [5, 5.41) is 10.4. The molecule has 0 unspecified atom stereocenters. The van der Waals surface area contributed by atoms with Crippen LogP contribution in [0, 0.1) is 13.8 Å². The third-order valence-corrected chi connectivity index (χ3v) is 5.72. The van der Waals surface area contributed by atoms with Gasteiger partial charge < -0.3 is 29.1 Å². The zero-order chi connectivity index (χ0) is 20.2. The number of ether oxygens (including phenoxy) is 3. The van der Waals surface area contributed by atoms with Crippen LogP contribution in [0.1, 0.15) is 16.7 Å². The molecule has 2 aliphatic rings. The Kier molecular flexibility index (Phi) is 6.23. The number of benzene rings is 2. The Morgan fingerprint density at radius 1 is 0.931 bits per heavy atom. The number of aliphatic hydroxyl groups is 1. The summed E-state index contributed by atoms with van der Waals surface area (Å²) in [6.45, 7) is 10.9. The van der Waals surface area contributed by atoms with Crippen LogP contribution in [0.4, 0.5) is 0 Å². The fourth-order valence-electron chi connectivity index (χ4n) is 4.28. The molecule has 1 fully saturated rings. The highest BCUT2D eigenvalue weighted by molar-refractivity contribution is 5.44. The number of aliphatic hydroxyl groups excluding tert-OH is 1. The molecular weight excluding hydrogens is 368 g/mol. The molecule has 2 heterocycles. The molecule has 2 aromatic rings. The third-order valence-electron chi connectivity index (χ3n) is 5.72. The van der Waals surface area contributed by atoms with Crippen molar-refractivity contribution in [2.75, 3.05) is 46.1 Å². The minimum atomic E-state index is -0.443. The number of hydrogen-bond donors (Lipinski definition) is 3. The normalized spacial score (nSPS) is 21.8. The molecule has 0 amide bonds. The van der Waals surface area contributed by atoms with Gasteiger partial charge in [-0.2, -0.15) is 0 Å². The average Bonchev–Trinajstić information content (AvgIpc) is 3.15. The Morgan fingerprint density at radius 3 is 2.38 bits per heavy atom. The van der Waals surface area contributed by atoms with Crippen molar-refractivity contribution >= 4 is 0 Å². The highest BCUT2D eigenvalue weighted by Crippen LogP contribution is 2.32. The van der Waals surface area contributed by atoms with Gasteiger partial charge in [-0.05, 0) is 55.3 Å². The lowest BCUT2D eigenvalue weighted by atomic mass is 10.1. The zero-order valence-corrected chi connectivity index (χ0v) is 17.4. The molecule has 3 N–H and O–H groups in total. The molecule has 6 heteroatoms. The summed E-state index contributed by atoms with van der Waals surface area (Å²) in [5.74, 6) is 2.54. The molecule has 6 nitrogen and oxygen atoms in total. The van der Waals surface area contributed by atoms with Crippen molar-refractivity contribution in [3.63, 3.8) is 0 Å². The van der Waals surface area contributed by atoms with Gasteiger partial charge in [0.25, 0.3) is 0 Å². The molecule has 4 rings (SSSR count). The first kappa shape index (κ1) is 20.0. The summed E-state index contributed by atoms with van der Waals surface area (Å²) in [7, 11) is 0. The van der Waals surface area contributed by atoms with E-state index in [1.165, 1.54) is 21.6 Å². The van der Waals surface area contributed by atoms with Gasteiger partial charge in [0.05, 0.1) is 0 Å². The number of hydrogen-bond acceptors (Lipinski definition) is 4. The second kappa shape index (κ2) is 9.03. The molecule has 2 aromatic carbocycles. The van der Waals surface area contributed by atoms with Crippen molar-refractivity contribution in [2.45, 2.75) is 26.5 Å². The first-order chi connectivity index (χ1) is 14.0. The van der Waals surface area contributed by atoms with E-state index in [1.54, 1.807) is 4.90 Å². The predicted molar refractivity (Wildman–Crippen MR) is 110 cm³/mol. The second-order valence-corrected chi connectivity index (χ2v) is 8.36. The Labute approximate surface area is 172 Å². The summed E-state index contributed by atoms with van der Waals surface area (Å²) in [6.07, 6.45) is -0.443. The average molecular weight is 401 g/mol. The molecule has 0 radical (unpaired) electrons. The molecule has 0 bridgehead atoms. The van der Waals surface area contributed by atoms with Gasteiger partial charge in [-0.3, -0.25) is 0 Å². The van der Waals surface area contributed by atoms with Crippen molar-refractivity contribution < 1.29 is 29.1 Å². The van der Waals surface area contributed by atoms with E-state index in [0.29, 0.717) is 13.4 Å². The molecule has 1 saturated heterocycles. The number of quaternary nitrogens is 2. The van der Waals surface area contributed by atoms with Gasteiger partial charge in [-0.15, -0.1) is 0 Å². The molecule has 0 aliphatic carbocycles. The van der Waals surface area contributed by atoms with Crippen molar-refractivity contribution in [3.05, 3.63) is 53.1 Å². The Bertz CT molecular complexity index is 813. The van der Waals surface area contributed by atoms with E-state index in [9.17, 15) is 5.11 Å². The maximum atomic E-state index is 10.4. The summed E-state index contributed by atoms with van der Waals surface area (Å²) in [4.78, 5) is 3.03. The molecule has 156 valence electrons. The van der Waals surface area contributed by atoms with Crippen LogP contribution >= 0.6 is 0 Å². The molecule has 1 atom stereocenters. The third kappa shape index (κ3) is 5.41. The minimum Gasteiger partial charge on any atom is -0.491 e. The van der Waals surface area contributed by atoms with Crippen LogP contribution in [-0.4, -0.2) is 57.3 Å². The van der Waals surface area contributed by atoms with Crippen molar-refractivity contribution in [3.8, 4) is 17.2 Å². The van der Waals surface area contributed by atoms with Gasteiger partial charge in [-0.25, -0.2) is 0 Å². The van der Waals surface area contributed by atoms with E-state index in [0.717, 1.165) is 56.5 Å². The standard InChI is InChI=1S/C23H30N2O4/c1-17-9-18(2)11-21(10-17)27-15-20(26)14-25-7-5-24(6-8-25)13-19-3-4-22-23(12-19)29-16-28-22/h3-4,9-12,20,26H,5-8,13-16H2,1-2H3/p+2/t20-/m1/s1. The monoisotopic (exact) mass is 400 g/mol. The van der Waals surface area contributed by atoms with E-state index in [1.807, 2.05) is 18.2 Å². The maximum absolute atomic E-state index is 10.4. The highest BCUT2D eigenvalue weighted by Gasteiger charge is 2.26. The summed E-state index contributed by atoms with van der Waals surface area (Å²) in [5.41, 5.74) is 3.65. The topological polar surface area (TPSA) is 56.8 Å². The number of nitrogens with one attached hydrogen (secondary N) is 2. The zero-order valence-electron chi connectivity index (χ0n) is 17.4. The maximum Gasteiger partial charge on any atom is 0.231 e. The lowest BCUT2D eigenvalue weighted by Crippen LogP contribution is -3.28. The van der Waals surface area contributed by atoms with Crippen LogP contribution in [0.3, 0.4) is 0 Å². The molecule has 0 spiro atoms. The number of piperazine rings is 1. The lowest BCUT2D eigenvalue weighted by Gasteiger charge is -2.30. The smallest absolute Gasteiger partial charge is 0.231 e. The van der Waals surface area contributed by atoms with Crippen molar-refractivity contribution in [2.24, 2.45) is 0 Å². The van der Waals surface area contributed by atoms with Crippen LogP contribution in [-0.2, 0) is 6.54 Å². The molecule has 29 heavy (non-hydrogen) atoms. The van der Waals surface area contributed by atoms with Gasteiger partial charge >= 0.3 is 0 Å². The van der Waals surface area contributed by atoms with Crippen LogP contribution in [0.5, 0.6) is 17.2 Å². The van der Waals surface area contributed by atoms with E-state index in [-0.39, 0.29) is 0 Å². The fourth-order valence-corrected chi connectivity index (χ4v) is 4.28. The largest absolute Gasteiger partial charge is 0.491 e. The lowest BCUT2D eigenvalue weighted by molar-refractivity contribution is -1.02. The highest BCUT2D eigenvalue weighted by atomic mass is 16.7. The predicted octanol–water partition coefficient (Wildman–Crippen LogP) is -0.245. The molecular formula is C23H32N2O4+2. The molecule has 0 aromatic heterocycles. The van der Waals surface area contributed by atoms with Gasteiger partial charge in [0, 0.05) is 5.56 Å². The van der Waals surface area contributed by atoms with Crippen molar-refractivity contribution in [1.82, 2.24) is 0 Å². The van der Waals surface area contributed by atoms with E-state index >= 15 is 0 Å². The summed E-state index contributed by atoms with van der Waals surface area (Å²) in [6, 6.07) is 12.4. The first-order valence-corrected chi connectivity index (χ1v) is 10.5. The Hall–Kier alpha value is -2.28. The Balaban J connectivity index is 1.19. The van der Waals surface area contributed by atoms with Crippen LogP contribution in [0.2, 0.25) is 0 Å². The van der Waals surface area contributed by atoms with Gasteiger partial charge in [0.2, 0.25) is 6.79 Å². The summed E-state index contributed by atoms with van der Waals surface area (Å²) >= 11 is 0. The number of aryl methyl sites for hydroxylation is 2. The number of rotatable bonds is 7. The van der Waals surface area contributed by atoms with Gasteiger partial charge in [0.15, 0.2) is 11.5 Å². The minimum absolute atomic E-state index is 0.323. The van der Waals surface area contributed by atoms with Crippen LogP contribution in [0.25, 0.3) is 0 Å². The number of fused-ring (bicyclic) bond motifs is 1. The van der Waals surface area contributed by atoms with Crippen LogP contribution in [0.15, 0.2) is 36.4 Å². The van der Waals surface area contributed by atoms with Gasteiger partial charge in [0.1, 0.15) is 57.7 Å². The first-order valence-electron chi connectivity index (χ1n) is 10.5. The van der Waals surface area contributed by atoms with E-state index in [4.69, 9.17) is 14.2 Å². The van der Waals surface area contributed by atoms with Crippen molar-refractivity contribution in [1.29, 1.82) is 0 Å². The van der Waals surface area contributed by atoms with Crippen LogP contribution < -0.4 is 24.0 Å². The van der Waals surface area contributed by atoms with Gasteiger partial charge in [-0.1, -0.05) is 6.07 Å². The fraction of sp³-hybridized carbons (Fsp3) is 0.478. The Morgan fingerprint density at radius 2 is 1.62 bits per heavy atom. The van der Waals surface area contributed by atoms with E-state index < -0.39 is 6.10 Å². The molecule has 2 aliphatic heterocycles. The van der Waals surface area contributed by atoms with E-state index in [2.05, 4.69) is 32.0 Å². The summed E-state index contributed by atoms with van der Waals surface area (Å²) < 4.78 is 16.7. The quantitative estimate of drug-likeness (QED) is 0.600. The molecule has 0 saturated carbocycles. The second-order valence-electron chi connectivity index (χ2n) is 8.36.